The first-order chi connectivity index (χ1) is 13.2. The Bertz CT molecular complexity index is 532. The summed E-state index contributed by atoms with van der Waals surface area (Å²) in [5, 5.41) is 16.8. The fraction of sp³-hybridized carbons (Fsp3) is 0.765. The minimum Gasteiger partial charge on any atom is -0.480 e. The summed E-state index contributed by atoms with van der Waals surface area (Å²) in [4.78, 5) is 47.9. The van der Waals surface area contributed by atoms with Crippen LogP contribution in [0.5, 0.6) is 0 Å². The highest BCUT2D eigenvalue weighted by atomic mass is 32.1. The third-order valence-corrected chi connectivity index (χ3v) is 4.29. The SMILES string of the molecule is CC(C)CC(NC(=O)C(CCCCN)NC(=O)C(CS)NC(=O)CN)C(=O)O. The third-order valence-electron chi connectivity index (χ3n) is 3.92. The van der Waals surface area contributed by atoms with E-state index in [-0.39, 0.29) is 31.1 Å². The molecule has 28 heavy (non-hydrogen) atoms. The second-order valence-corrected chi connectivity index (χ2v) is 7.25. The van der Waals surface area contributed by atoms with Gasteiger partial charge in [-0.3, -0.25) is 14.4 Å². The Labute approximate surface area is 171 Å². The average molecular weight is 420 g/mol. The molecule has 0 bridgehead atoms. The van der Waals surface area contributed by atoms with Crippen LogP contribution in [-0.4, -0.2) is 65.8 Å². The van der Waals surface area contributed by atoms with Gasteiger partial charge in [0.1, 0.15) is 18.1 Å². The number of carbonyl (C=O) groups is 4. The molecule has 11 heteroatoms. The van der Waals surface area contributed by atoms with Gasteiger partial charge in [0.15, 0.2) is 0 Å². The molecule has 3 amide bonds. The number of hydrogen-bond acceptors (Lipinski definition) is 7. The molecule has 10 nitrogen and oxygen atoms in total. The van der Waals surface area contributed by atoms with E-state index in [4.69, 9.17) is 11.5 Å². The lowest BCUT2D eigenvalue weighted by molar-refractivity contribution is -0.142. The Morgan fingerprint density at radius 1 is 0.929 bits per heavy atom. The molecule has 3 unspecified atom stereocenters. The maximum absolute atomic E-state index is 12.6. The third kappa shape index (κ3) is 10.5. The monoisotopic (exact) mass is 419 g/mol. The van der Waals surface area contributed by atoms with Gasteiger partial charge in [-0.25, -0.2) is 4.79 Å². The standard InChI is InChI=1S/C17H33N5O5S/c1-10(2)7-12(17(26)27)22-15(24)11(5-3-4-6-18)21-16(25)13(9-28)20-14(23)8-19/h10-13,28H,3-9,18-19H2,1-2H3,(H,20,23)(H,21,25)(H,22,24)(H,26,27). The zero-order valence-corrected chi connectivity index (χ0v) is 17.3. The Morgan fingerprint density at radius 2 is 1.50 bits per heavy atom. The van der Waals surface area contributed by atoms with E-state index in [1.165, 1.54) is 0 Å². The van der Waals surface area contributed by atoms with Crippen LogP contribution in [0.4, 0.5) is 0 Å². The van der Waals surface area contributed by atoms with Crippen molar-refractivity contribution in [3.63, 3.8) is 0 Å². The van der Waals surface area contributed by atoms with Gasteiger partial charge < -0.3 is 32.5 Å². The lowest BCUT2D eigenvalue weighted by Crippen LogP contribution is -2.56. The number of amides is 3. The summed E-state index contributed by atoms with van der Waals surface area (Å²) in [5.74, 6) is -2.79. The second-order valence-electron chi connectivity index (χ2n) is 6.88. The summed E-state index contributed by atoms with van der Waals surface area (Å²) in [6, 6.07) is -2.97. The van der Waals surface area contributed by atoms with E-state index < -0.39 is 41.8 Å². The van der Waals surface area contributed by atoms with Crippen LogP contribution in [0.1, 0.15) is 39.5 Å². The van der Waals surface area contributed by atoms with Crippen molar-refractivity contribution >= 4 is 36.3 Å². The van der Waals surface area contributed by atoms with Crippen LogP contribution in [0.3, 0.4) is 0 Å². The van der Waals surface area contributed by atoms with E-state index in [9.17, 15) is 24.3 Å². The van der Waals surface area contributed by atoms with Crippen LogP contribution in [0.15, 0.2) is 0 Å². The first kappa shape index (κ1) is 26.1. The van der Waals surface area contributed by atoms with Crippen LogP contribution >= 0.6 is 12.6 Å². The van der Waals surface area contributed by atoms with Crippen molar-refractivity contribution in [1.29, 1.82) is 0 Å². The van der Waals surface area contributed by atoms with Gasteiger partial charge in [0, 0.05) is 5.75 Å². The molecule has 8 N–H and O–H groups in total. The van der Waals surface area contributed by atoms with Crippen molar-refractivity contribution < 1.29 is 24.3 Å². The maximum Gasteiger partial charge on any atom is 0.326 e. The Kier molecular flexibility index (Phi) is 13.3. The largest absolute Gasteiger partial charge is 0.480 e. The van der Waals surface area contributed by atoms with E-state index >= 15 is 0 Å². The van der Waals surface area contributed by atoms with Gasteiger partial charge in [-0.1, -0.05) is 13.8 Å². The minimum atomic E-state index is -1.14. The normalized spacial score (nSPS) is 14.1. The van der Waals surface area contributed by atoms with Gasteiger partial charge in [0.05, 0.1) is 6.54 Å². The number of carboxylic acids is 1. The smallest absolute Gasteiger partial charge is 0.326 e. The van der Waals surface area contributed by atoms with Crippen LogP contribution in [0.2, 0.25) is 0 Å². The second kappa shape index (κ2) is 14.2. The molecule has 162 valence electrons. The van der Waals surface area contributed by atoms with Gasteiger partial charge in [-0.05, 0) is 38.1 Å². The van der Waals surface area contributed by atoms with E-state index in [1.54, 1.807) is 0 Å². The lowest BCUT2D eigenvalue weighted by atomic mass is 10.0. The average Bonchev–Trinajstić information content (AvgIpc) is 2.63. The highest BCUT2D eigenvalue weighted by Gasteiger charge is 2.29. The Morgan fingerprint density at radius 3 is 1.96 bits per heavy atom. The first-order valence-corrected chi connectivity index (χ1v) is 9.93. The van der Waals surface area contributed by atoms with Crippen molar-refractivity contribution in [2.45, 2.75) is 57.7 Å². The highest BCUT2D eigenvalue weighted by Crippen LogP contribution is 2.07. The molecular formula is C17H33N5O5S. The van der Waals surface area contributed by atoms with Crippen LogP contribution in [0, 0.1) is 5.92 Å². The van der Waals surface area contributed by atoms with Crippen LogP contribution < -0.4 is 27.4 Å². The molecule has 3 atom stereocenters. The van der Waals surface area contributed by atoms with Crippen molar-refractivity contribution in [3.05, 3.63) is 0 Å². The zero-order valence-electron chi connectivity index (χ0n) is 16.4. The number of rotatable bonds is 14. The maximum atomic E-state index is 12.6. The number of nitrogens with two attached hydrogens (primary N) is 2. The van der Waals surface area contributed by atoms with Crippen molar-refractivity contribution in [2.75, 3.05) is 18.8 Å². The number of hydrogen-bond donors (Lipinski definition) is 7. The summed E-state index contributed by atoms with van der Waals surface area (Å²) in [6.07, 6.45) is 1.76. The van der Waals surface area contributed by atoms with Crippen LogP contribution in [-0.2, 0) is 19.2 Å². The lowest BCUT2D eigenvalue weighted by Gasteiger charge is -2.24. The fourth-order valence-electron chi connectivity index (χ4n) is 2.45. The minimum absolute atomic E-state index is 0.0137. The molecule has 0 aromatic heterocycles. The summed E-state index contributed by atoms with van der Waals surface area (Å²) in [7, 11) is 0. The number of unbranched alkanes of at least 4 members (excludes halogenated alkanes) is 1. The zero-order chi connectivity index (χ0) is 21.7. The van der Waals surface area contributed by atoms with E-state index in [2.05, 4.69) is 28.6 Å². The summed E-state index contributed by atoms with van der Waals surface area (Å²) in [5.41, 5.74) is 10.7. The molecule has 0 aliphatic carbocycles. The quantitative estimate of drug-likeness (QED) is 0.134. The number of carboxylic acid groups (broad SMARTS) is 1. The molecule has 0 aliphatic rings. The highest BCUT2D eigenvalue weighted by molar-refractivity contribution is 7.80. The molecule has 0 aromatic carbocycles. The molecule has 0 fully saturated rings. The molecule has 0 radical (unpaired) electrons. The van der Waals surface area contributed by atoms with Crippen molar-refractivity contribution in [2.24, 2.45) is 17.4 Å². The van der Waals surface area contributed by atoms with Crippen LogP contribution in [0.25, 0.3) is 0 Å². The molecule has 0 saturated heterocycles. The van der Waals surface area contributed by atoms with Gasteiger partial charge in [0.25, 0.3) is 0 Å². The number of nitrogens with one attached hydrogen (secondary N) is 3. The molecule has 0 spiro atoms. The topological polar surface area (TPSA) is 177 Å². The van der Waals surface area contributed by atoms with Crippen molar-refractivity contribution in [1.82, 2.24) is 16.0 Å². The van der Waals surface area contributed by atoms with E-state index in [0.29, 0.717) is 19.4 Å². The molecule has 0 aliphatic heterocycles. The predicted octanol–water partition coefficient (Wildman–Crippen LogP) is -1.41. The van der Waals surface area contributed by atoms with Gasteiger partial charge in [0.2, 0.25) is 17.7 Å². The molecule has 0 saturated carbocycles. The Hall–Kier alpha value is -1.85. The summed E-state index contributed by atoms with van der Waals surface area (Å²) in [6.45, 7) is 3.84. The molecule has 0 rings (SSSR count). The van der Waals surface area contributed by atoms with Gasteiger partial charge in [-0.2, -0.15) is 12.6 Å². The van der Waals surface area contributed by atoms with Gasteiger partial charge in [-0.15, -0.1) is 0 Å². The molecule has 0 heterocycles. The summed E-state index contributed by atoms with van der Waals surface area (Å²) < 4.78 is 0. The van der Waals surface area contributed by atoms with E-state index in [1.807, 2.05) is 13.8 Å². The molecule has 0 aromatic rings. The van der Waals surface area contributed by atoms with E-state index in [0.717, 1.165) is 0 Å². The number of thiol groups is 1. The Balaban J connectivity index is 5.17. The molecular weight excluding hydrogens is 386 g/mol. The predicted molar refractivity (Wildman–Crippen MR) is 109 cm³/mol. The first-order valence-electron chi connectivity index (χ1n) is 9.30. The van der Waals surface area contributed by atoms with Crippen molar-refractivity contribution in [3.8, 4) is 0 Å². The number of carbonyl (C=O) groups excluding carboxylic acids is 3. The summed E-state index contributed by atoms with van der Waals surface area (Å²) >= 11 is 4.04. The fourth-order valence-corrected chi connectivity index (χ4v) is 2.70. The number of aliphatic carboxylic acids is 1. The van der Waals surface area contributed by atoms with Gasteiger partial charge >= 0.3 is 5.97 Å².